The number of likely N-dealkylation sites (tertiary alicyclic amines) is 1. The molecule has 0 spiro atoms. The van der Waals surface area contributed by atoms with E-state index in [1.165, 1.54) is 0 Å². The van der Waals surface area contributed by atoms with Gasteiger partial charge in [-0.3, -0.25) is 4.79 Å². The van der Waals surface area contributed by atoms with Gasteiger partial charge in [0.2, 0.25) is 5.91 Å². The van der Waals surface area contributed by atoms with Crippen molar-refractivity contribution in [2.45, 2.75) is 64.1 Å². The van der Waals surface area contributed by atoms with Crippen LogP contribution >= 0.6 is 11.6 Å². The van der Waals surface area contributed by atoms with Gasteiger partial charge >= 0.3 is 0 Å². The summed E-state index contributed by atoms with van der Waals surface area (Å²) < 4.78 is 0. The van der Waals surface area contributed by atoms with Crippen molar-refractivity contribution in [2.24, 2.45) is 5.92 Å². The SMILES string of the molecule is C=CCC1CCC(c2ccc(Cl)cc2)N(C(CC)CC(C)O)C1=O. The van der Waals surface area contributed by atoms with Crippen LogP contribution in [0.2, 0.25) is 5.02 Å². The summed E-state index contributed by atoms with van der Waals surface area (Å²) in [7, 11) is 0. The van der Waals surface area contributed by atoms with Gasteiger partial charge in [0.15, 0.2) is 0 Å². The smallest absolute Gasteiger partial charge is 0.226 e. The van der Waals surface area contributed by atoms with E-state index in [-0.39, 0.29) is 23.9 Å². The van der Waals surface area contributed by atoms with Crippen LogP contribution in [-0.4, -0.2) is 28.1 Å². The summed E-state index contributed by atoms with van der Waals surface area (Å²) in [6, 6.07) is 7.88. The molecule has 0 aliphatic carbocycles. The summed E-state index contributed by atoms with van der Waals surface area (Å²) >= 11 is 6.01. The number of hydrogen-bond donors (Lipinski definition) is 1. The van der Waals surface area contributed by atoms with E-state index in [2.05, 4.69) is 13.5 Å². The highest BCUT2D eigenvalue weighted by molar-refractivity contribution is 6.30. The van der Waals surface area contributed by atoms with Crippen LogP contribution in [0, 0.1) is 5.92 Å². The molecule has 1 amide bonds. The Hall–Kier alpha value is -1.32. The number of piperidine rings is 1. The van der Waals surface area contributed by atoms with Crippen molar-refractivity contribution in [1.82, 2.24) is 4.90 Å². The molecule has 4 unspecified atom stereocenters. The third-order valence-corrected chi connectivity index (χ3v) is 5.16. The average Bonchev–Trinajstić information content (AvgIpc) is 2.55. The standard InChI is InChI=1S/C20H28ClNO2/c1-4-6-16-9-12-19(15-7-10-17(21)11-8-15)22(20(16)24)18(5-2)13-14(3)23/h4,7-8,10-11,14,16,18-19,23H,1,5-6,9,12-13H2,2-3H3. The second-order valence-corrected chi connectivity index (χ2v) is 7.19. The van der Waals surface area contributed by atoms with E-state index < -0.39 is 6.10 Å². The van der Waals surface area contributed by atoms with Crippen LogP contribution in [0.4, 0.5) is 0 Å². The second kappa shape index (κ2) is 8.68. The fourth-order valence-electron chi connectivity index (χ4n) is 3.72. The van der Waals surface area contributed by atoms with Crippen molar-refractivity contribution in [2.75, 3.05) is 0 Å². The summed E-state index contributed by atoms with van der Waals surface area (Å²) in [5.41, 5.74) is 1.12. The number of carbonyl (C=O) groups excluding carboxylic acids is 1. The van der Waals surface area contributed by atoms with Gasteiger partial charge in [0, 0.05) is 17.0 Å². The lowest BCUT2D eigenvalue weighted by Crippen LogP contribution is -2.49. The Labute approximate surface area is 150 Å². The number of benzene rings is 1. The molecule has 4 heteroatoms. The first kappa shape index (κ1) is 19.0. The molecule has 4 atom stereocenters. The lowest BCUT2D eigenvalue weighted by molar-refractivity contribution is -0.146. The maximum Gasteiger partial charge on any atom is 0.226 e. The normalized spacial score (nSPS) is 23.8. The van der Waals surface area contributed by atoms with Gasteiger partial charge in [-0.2, -0.15) is 0 Å². The third-order valence-electron chi connectivity index (χ3n) is 4.91. The molecule has 1 fully saturated rings. The zero-order valence-corrected chi connectivity index (χ0v) is 15.4. The fraction of sp³-hybridized carbons (Fsp3) is 0.550. The molecule has 1 saturated heterocycles. The van der Waals surface area contributed by atoms with Gasteiger partial charge in [0.1, 0.15) is 0 Å². The predicted molar refractivity (Wildman–Crippen MR) is 99.0 cm³/mol. The minimum atomic E-state index is -0.423. The van der Waals surface area contributed by atoms with Gasteiger partial charge < -0.3 is 10.0 Å². The van der Waals surface area contributed by atoms with Crippen LogP contribution in [0.3, 0.4) is 0 Å². The highest BCUT2D eigenvalue weighted by Gasteiger charge is 2.39. The van der Waals surface area contributed by atoms with E-state index in [4.69, 9.17) is 11.6 Å². The average molecular weight is 350 g/mol. The predicted octanol–water partition coefficient (Wildman–Crippen LogP) is 4.75. The number of nitrogens with zero attached hydrogens (tertiary/aromatic N) is 1. The van der Waals surface area contributed by atoms with Crippen LogP contribution in [0.25, 0.3) is 0 Å². The lowest BCUT2D eigenvalue weighted by Gasteiger charge is -2.44. The van der Waals surface area contributed by atoms with Crippen molar-refractivity contribution >= 4 is 17.5 Å². The van der Waals surface area contributed by atoms with Gasteiger partial charge in [-0.15, -0.1) is 6.58 Å². The molecule has 1 N–H and O–H groups in total. The van der Waals surface area contributed by atoms with Crippen LogP contribution < -0.4 is 0 Å². The molecule has 2 rings (SSSR count). The minimum absolute atomic E-state index is 0.00843. The quantitative estimate of drug-likeness (QED) is 0.722. The Morgan fingerprint density at radius 2 is 2.04 bits per heavy atom. The zero-order chi connectivity index (χ0) is 17.7. The maximum absolute atomic E-state index is 13.1. The summed E-state index contributed by atoms with van der Waals surface area (Å²) in [5, 5.41) is 10.6. The van der Waals surface area contributed by atoms with E-state index in [9.17, 15) is 9.90 Å². The molecular formula is C20H28ClNO2. The summed E-state index contributed by atoms with van der Waals surface area (Å²) in [6.07, 6.45) is 5.37. The highest BCUT2D eigenvalue weighted by Crippen LogP contribution is 2.38. The van der Waals surface area contributed by atoms with Crippen molar-refractivity contribution in [1.29, 1.82) is 0 Å². The molecule has 0 bridgehead atoms. The molecule has 1 aliphatic heterocycles. The number of aliphatic hydroxyl groups excluding tert-OH is 1. The monoisotopic (exact) mass is 349 g/mol. The Bertz CT molecular complexity index is 555. The Kier molecular flexibility index (Phi) is 6.88. The number of hydrogen-bond acceptors (Lipinski definition) is 2. The fourth-order valence-corrected chi connectivity index (χ4v) is 3.85. The molecular weight excluding hydrogens is 322 g/mol. The summed E-state index contributed by atoms with van der Waals surface area (Å²) in [4.78, 5) is 15.1. The molecule has 24 heavy (non-hydrogen) atoms. The van der Waals surface area contributed by atoms with Crippen LogP contribution in [0.1, 0.15) is 57.6 Å². The molecule has 1 aliphatic rings. The first-order chi connectivity index (χ1) is 11.5. The molecule has 0 radical (unpaired) electrons. The number of allylic oxidation sites excluding steroid dienone is 1. The lowest BCUT2D eigenvalue weighted by atomic mass is 9.84. The topological polar surface area (TPSA) is 40.5 Å². The van der Waals surface area contributed by atoms with Crippen LogP contribution in [-0.2, 0) is 4.79 Å². The van der Waals surface area contributed by atoms with Crippen molar-refractivity contribution < 1.29 is 9.90 Å². The molecule has 132 valence electrons. The Morgan fingerprint density at radius 1 is 1.38 bits per heavy atom. The van der Waals surface area contributed by atoms with Gasteiger partial charge in [-0.1, -0.05) is 36.7 Å². The van der Waals surface area contributed by atoms with Crippen LogP contribution in [0.5, 0.6) is 0 Å². The number of aliphatic hydroxyl groups is 1. The summed E-state index contributed by atoms with van der Waals surface area (Å²) in [6.45, 7) is 7.66. The second-order valence-electron chi connectivity index (χ2n) is 6.76. The molecule has 0 aromatic heterocycles. The first-order valence-corrected chi connectivity index (χ1v) is 9.22. The molecule has 3 nitrogen and oxygen atoms in total. The molecule has 1 heterocycles. The van der Waals surface area contributed by atoms with E-state index in [0.29, 0.717) is 17.9 Å². The van der Waals surface area contributed by atoms with E-state index in [0.717, 1.165) is 24.8 Å². The van der Waals surface area contributed by atoms with Crippen molar-refractivity contribution in [3.8, 4) is 0 Å². The number of rotatable bonds is 7. The molecule has 1 aromatic rings. The first-order valence-electron chi connectivity index (χ1n) is 8.84. The van der Waals surface area contributed by atoms with Gasteiger partial charge in [-0.25, -0.2) is 0 Å². The summed E-state index contributed by atoms with van der Waals surface area (Å²) in [5.74, 6) is 0.197. The van der Waals surface area contributed by atoms with Gasteiger partial charge in [-0.05, 0) is 56.7 Å². The number of carbonyl (C=O) groups is 1. The van der Waals surface area contributed by atoms with E-state index >= 15 is 0 Å². The Balaban J connectivity index is 2.34. The van der Waals surface area contributed by atoms with Gasteiger partial charge in [0.05, 0.1) is 12.1 Å². The maximum atomic E-state index is 13.1. The Morgan fingerprint density at radius 3 is 2.58 bits per heavy atom. The van der Waals surface area contributed by atoms with Crippen LogP contribution in [0.15, 0.2) is 36.9 Å². The minimum Gasteiger partial charge on any atom is -0.393 e. The van der Waals surface area contributed by atoms with E-state index in [1.807, 2.05) is 35.2 Å². The largest absolute Gasteiger partial charge is 0.393 e. The van der Waals surface area contributed by atoms with Crippen molar-refractivity contribution in [3.63, 3.8) is 0 Å². The molecule has 0 saturated carbocycles. The number of halogens is 1. The van der Waals surface area contributed by atoms with Gasteiger partial charge in [0.25, 0.3) is 0 Å². The van der Waals surface area contributed by atoms with Crippen molar-refractivity contribution in [3.05, 3.63) is 47.5 Å². The third kappa shape index (κ3) is 4.40. The number of amides is 1. The van der Waals surface area contributed by atoms with E-state index in [1.54, 1.807) is 6.92 Å². The molecule has 1 aromatic carbocycles. The highest BCUT2D eigenvalue weighted by atomic mass is 35.5. The zero-order valence-electron chi connectivity index (χ0n) is 14.6.